The maximum Gasteiger partial charge on any atom is 1.00 e. The molecule has 0 spiro atoms. The van der Waals surface area contributed by atoms with Crippen molar-refractivity contribution in [1.29, 1.82) is 0 Å². The van der Waals surface area contributed by atoms with Crippen molar-refractivity contribution in [2.45, 2.75) is 18.4 Å². The number of carboxylic acids is 1. The van der Waals surface area contributed by atoms with Crippen molar-refractivity contribution in [3.05, 3.63) is 65.7 Å². The van der Waals surface area contributed by atoms with E-state index in [0.717, 1.165) is 5.56 Å². The summed E-state index contributed by atoms with van der Waals surface area (Å²) in [5, 5.41) is 14.4. The van der Waals surface area contributed by atoms with Crippen molar-refractivity contribution in [2.75, 3.05) is 12.4 Å². The number of carboxylic acid groups (broad SMARTS) is 1. The number of carbonyl (C=O) groups excluding carboxylic acids is 2. The SMILES string of the molecule is COCc1ccc(NC(=O)[C@@H]2C[C@@]2(C(=O)[O-])c2ccccc2)cc1.[Na+]. The molecule has 5 nitrogen and oxygen atoms in total. The van der Waals surface area contributed by atoms with Crippen LogP contribution in [0, 0.1) is 5.92 Å². The Bertz CT molecular complexity index is 748. The van der Waals surface area contributed by atoms with Crippen LogP contribution in [0.3, 0.4) is 0 Å². The summed E-state index contributed by atoms with van der Waals surface area (Å²) in [6, 6.07) is 16.1. The molecule has 2 aromatic carbocycles. The van der Waals surface area contributed by atoms with Crippen LogP contribution in [0.5, 0.6) is 0 Å². The van der Waals surface area contributed by atoms with E-state index in [1.165, 1.54) is 0 Å². The second-order valence-electron chi connectivity index (χ2n) is 6.00. The first-order chi connectivity index (χ1) is 11.6. The van der Waals surface area contributed by atoms with Crippen LogP contribution in [0.25, 0.3) is 0 Å². The number of ether oxygens (including phenoxy) is 1. The van der Waals surface area contributed by atoms with Gasteiger partial charge in [0.1, 0.15) is 0 Å². The van der Waals surface area contributed by atoms with Crippen molar-refractivity contribution in [2.24, 2.45) is 5.92 Å². The summed E-state index contributed by atoms with van der Waals surface area (Å²) in [7, 11) is 1.62. The van der Waals surface area contributed by atoms with Gasteiger partial charge >= 0.3 is 29.6 Å². The van der Waals surface area contributed by atoms with E-state index in [1.807, 2.05) is 18.2 Å². The van der Waals surface area contributed by atoms with Gasteiger partial charge in [-0.3, -0.25) is 4.79 Å². The number of amides is 1. The Morgan fingerprint density at radius 2 is 1.80 bits per heavy atom. The van der Waals surface area contributed by atoms with Gasteiger partial charge < -0.3 is 20.0 Å². The molecular formula is C19H18NNaO4. The Morgan fingerprint density at radius 3 is 2.36 bits per heavy atom. The molecule has 0 radical (unpaired) electrons. The molecule has 25 heavy (non-hydrogen) atoms. The Hall–Kier alpha value is -1.66. The van der Waals surface area contributed by atoms with E-state index in [0.29, 0.717) is 17.9 Å². The fourth-order valence-corrected chi connectivity index (χ4v) is 3.06. The van der Waals surface area contributed by atoms with Crippen LogP contribution >= 0.6 is 0 Å². The molecule has 0 unspecified atom stereocenters. The van der Waals surface area contributed by atoms with Crippen LogP contribution in [0.15, 0.2) is 54.6 Å². The van der Waals surface area contributed by atoms with Gasteiger partial charge in [-0.25, -0.2) is 0 Å². The smallest absolute Gasteiger partial charge is 0.549 e. The minimum absolute atomic E-state index is 0. The fourth-order valence-electron chi connectivity index (χ4n) is 3.06. The molecule has 1 saturated carbocycles. The van der Waals surface area contributed by atoms with Crippen LogP contribution < -0.4 is 40.0 Å². The standard InChI is InChI=1S/C19H19NO4.Na/c1-24-12-13-7-9-15(10-8-13)20-17(21)16-11-19(16,18(22)23)14-5-3-2-4-6-14;/h2-10,16H,11-12H2,1H3,(H,20,21)(H,22,23);/q;+1/p-1/t16-,19+;/m0./s1. The van der Waals surface area contributed by atoms with Gasteiger partial charge in [0.25, 0.3) is 0 Å². The average molecular weight is 347 g/mol. The summed E-state index contributed by atoms with van der Waals surface area (Å²) in [5.41, 5.74) is 1.02. The number of anilines is 1. The summed E-state index contributed by atoms with van der Waals surface area (Å²) in [5.74, 6) is -2.13. The van der Waals surface area contributed by atoms with E-state index in [9.17, 15) is 14.7 Å². The number of rotatable bonds is 6. The molecule has 0 aliphatic heterocycles. The summed E-state index contributed by atoms with van der Waals surface area (Å²) in [6.45, 7) is 0.499. The molecule has 0 aromatic heterocycles. The van der Waals surface area contributed by atoms with Gasteiger partial charge in [0.15, 0.2) is 0 Å². The maximum atomic E-state index is 12.5. The summed E-state index contributed by atoms with van der Waals surface area (Å²) >= 11 is 0. The van der Waals surface area contributed by atoms with Crippen LogP contribution in [0.1, 0.15) is 17.5 Å². The molecular weight excluding hydrogens is 329 g/mol. The molecule has 1 N–H and O–H groups in total. The third-order valence-electron chi connectivity index (χ3n) is 4.46. The van der Waals surface area contributed by atoms with Crippen molar-refractivity contribution < 1.29 is 49.0 Å². The van der Waals surface area contributed by atoms with Gasteiger partial charge in [-0.05, 0) is 29.7 Å². The quantitative estimate of drug-likeness (QED) is 0.644. The van der Waals surface area contributed by atoms with Crippen molar-refractivity contribution in [3.8, 4) is 0 Å². The minimum atomic E-state index is -1.22. The topological polar surface area (TPSA) is 78.5 Å². The Labute approximate surface area is 168 Å². The zero-order valence-corrected chi connectivity index (χ0v) is 16.3. The largest absolute Gasteiger partial charge is 1.00 e. The zero-order chi connectivity index (χ0) is 17.2. The molecule has 0 saturated heterocycles. The van der Waals surface area contributed by atoms with Crippen molar-refractivity contribution in [1.82, 2.24) is 0 Å². The first kappa shape index (κ1) is 19.7. The molecule has 1 aliphatic rings. The molecule has 1 aliphatic carbocycles. The molecule has 3 rings (SSSR count). The van der Waals surface area contributed by atoms with Gasteiger partial charge in [-0.15, -0.1) is 0 Å². The number of hydrogen-bond acceptors (Lipinski definition) is 4. The van der Waals surface area contributed by atoms with Crippen LogP contribution in [-0.2, 0) is 26.3 Å². The average Bonchev–Trinajstić information content (AvgIpc) is 3.35. The predicted octanol–water partition coefficient (Wildman–Crippen LogP) is -1.52. The van der Waals surface area contributed by atoms with Gasteiger partial charge in [-0.1, -0.05) is 42.5 Å². The summed E-state index contributed by atoms with van der Waals surface area (Å²) in [6.07, 6.45) is 0.257. The predicted molar refractivity (Wildman–Crippen MR) is 87.0 cm³/mol. The number of aliphatic carboxylic acids is 1. The maximum absolute atomic E-state index is 12.5. The molecule has 0 heterocycles. The fraction of sp³-hybridized carbons (Fsp3) is 0.263. The normalized spacial score (nSPS) is 21.1. The second-order valence-corrected chi connectivity index (χ2v) is 6.00. The van der Waals surface area contributed by atoms with Crippen molar-refractivity contribution >= 4 is 17.6 Å². The van der Waals surface area contributed by atoms with E-state index >= 15 is 0 Å². The molecule has 0 bridgehead atoms. The molecule has 1 fully saturated rings. The van der Waals surface area contributed by atoms with Crippen LogP contribution in [0.4, 0.5) is 5.69 Å². The zero-order valence-electron chi connectivity index (χ0n) is 14.3. The number of benzene rings is 2. The number of nitrogens with one attached hydrogen (secondary N) is 1. The van der Waals surface area contributed by atoms with E-state index < -0.39 is 17.3 Å². The summed E-state index contributed by atoms with van der Waals surface area (Å²) < 4.78 is 5.04. The van der Waals surface area contributed by atoms with Gasteiger partial charge in [0, 0.05) is 18.2 Å². The Kier molecular flexibility index (Phi) is 6.41. The second kappa shape index (κ2) is 8.15. The first-order valence-electron chi connectivity index (χ1n) is 7.73. The Morgan fingerprint density at radius 1 is 1.16 bits per heavy atom. The third-order valence-corrected chi connectivity index (χ3v) is 4.46. The number of carbonyl (C=O) groups is 2. The Balaban J connectivity index is 0.00000225. The van der Waals surface area contributed by atoms with E-state index in [1.54, 1.807) is 43.5 Å². The monoisotopic (exact) mass is 347 g/mol. The van der Waals surface area contributed by atoms with Crippen molar-refractivity contribution in [3.63, 3.8) is 0 Å². The molecule has 6 heteroatoms. The first-order valence-corrected chi connectivity index (χ1v) is 7.73. The third kappa shape index (κ3) is 3.96. The van der Waals surface area contributed by atoms with Crippen LogP contribution in [-0.4, -0.2) is 19.0 Å². The molecule has 124 valence electrons. The van der Waals surface area contributed by atoms with Gasteiger partial charge in [0.2, 0.25) is 5.91 Å². The van der Waals surface area contributed by atoms with E-state index in [-0.39, 0.29) is 41.9 Å². The van der Waals surface area contributed by atoms with Gasteiger partial charge in [-0.2, -0.15) is 0 Å². The molecule has 2 aromatic rings. The summed E-state index contributed by atoms with van der Waals surface area (Å²) in [4.78, 5) is 24.1. The molecule has 2 atom stereocenters. The number of methoxy groups -OCH3 is 1. The van der Waals surface area contributed by atoms with E-state index in [2.05, 4.69) is 5.32 Å². The van der Waals surface area contributed by atoms with E-state index in [4.69, 9.17) is 4.74 Å². The minimum Gasteiger partial charge on any atom is -0.549 e. The van der Waals surface area contributed by atoms with Gasteiger partial charge in [0.05, 0.1) is 18.5 Å². The van der Waals surface area contributed by atoms with Crippen LogP contribution in [0.2, 0.25) is 0 Å². The number of hydrogen-bond donors (Lipinski definition) is 1. The molecule has 1 amide bonds.